The van der Waals surface area contributed by atoms with Crippen LogP contribution in [0.15, 0.2) is 30.5 Å². The largest absolute Gasteiger partial charge is 0.361 e. The van der Waals surface area contributed by atoms with E-state index in [4.69, 9.17) is 0 Å². The van der Waals surface area contributed by atoms with E-state index >= 15 is 0 Å². The zero-order valence-electron chi connectivity index (χ0n) is 10.5. The quantitative estimate of drug-likeness (QED) is 0.864. The predicted octanol–water partition coefficient (Wildman–Crippen LogP) is 2.90. The summed E-state index contributed by atoms with van der Waals surface area (Å²) in [6.45, 7) is 4.99. The summed E-state index contributed by atoms with van der Waals surface area (Å²) in [4.78, 5) is 17.2. The molecule has 0 bridgehead atoms. The number of carbonyl (C=O) groups excluding carboxylic acids is 1. The highest BCUT2D eigenvalue weighted by atomic mass is 16.2. The fourth-order valence-electron chi connectivity index (χ4n) is 2.10. The van der Waals surface area contributed by atoms with Crippen LogP contribution in [-0.4, -0.2) is 29.4 Å². The predicted molar refractivity (Wildman–Crippen MR) is 70.1 cm³/mol. The number of H-pyrrole nitrogens is 1. The highest BCUT2D eigenvalue weighted by Crippen LogP contribution is 2.18. The third-order valence-corrected chi connectivity index (χ3v) is 2.80. The van der Waals surface area contributed by atoms with Gasteiger partial charge in [-0.15, -0.1) is 0 Å². The molecule has 1 aromatic heterocycles. The minimum atomic E-state index is 0.0757. The van der Waals surface area contributed by atoms with Gasteiger partial charge in [-0.05, 0) is 18.1 Å². The van der Waals surface area contributed by atoms with Crippen molar-refractivity contribution in [1.29, 1.82) is 0 Å². The average Bonchev–Trinajstić information content (AvgIpc) is 2.74. The monoisotopic (exact) mass is 230 g/mol. The summed E-state index contributed by atoms with van der Waals surface area (Å²) in [6.07, 6.45) is 1.86. The Labute approximate surface area is 101 Å². The molecule has 0 radical (unpaired) electrons. The average molecular weight is 230 g/mol. The molecule has 0 spiro atoms. The van der Waals surface area contributed by atoms with Gasteiger partial charge in [-0.25, -0.2) is 0 Å². The van der Waals surface area contributed by atoms with E-state index in [9.17, 15) is 4.79 Å². The SMILES string of the molecule is CC(C)CN(C)C(=O)c1cccc2cc[nH]c12. The summed E-state index contributed by atoms with van der Waals surface area (Å²) in [5.41, 5.74) is 1.67. The Bertz CT molecular complexity index is 528. The van der Waals surface area contributed by atoms with Crippen molar-refractivity contribution in [1.82, 2.24) is 9.88 Å². The van der Waals surface area contributed by atoms with Gasteiger partial charge in [0.25, 0.3) is 5.91 Å². The lowest BCUT2D eigenvalue weighted by Gasteiger charge is -2.19. The van der Waals surface area contributed by atoms with Crippen molar-refractivity contribution in [2.75, 3.05) is 13.6 Å². The van der Waals surface area contributed by atoms with Crippen LogP contribution in [0.25, 0.3) is 10.9 Å². The van der Waals surface area contributed by atoms with Crippen LogP contribution in [0, 0.1) is 5.92 Å². The summed E-state index contributed by atoms with van der Waals surface area (Å²) < 4.78 is 0. The standard InChI is InChI=1S/C14H18N2O/c1-10(2)9-16(3)14(17)12-6-4-5-11-7-8-15-13(11)12/h4-8,10,15H,9H2,1-3H3. The molecule has 0 atom stereocenters. The third-order valence-electron chi connectivity index (χ3n) is 2.80. The highest BCUT2D eigenvalue weighted by molar-refractivity contribution is 6.05. The van der Waals surface area contributed by atoms with E-state index in [1.807, 2.05) is 37.5 Å². The molecule has 1 amide bonds. The fourth-order valence-corrected chi connectivity index (χ4v) is 2.10. The molecule has 2 aromatic rings. The van der Waals surface area contributed by atoms with Crippen LogP contribution >= 0.6 is 0 Å². The summed E-state index contributed by atoms with van der Waals surface area (Å²) >= 11 is 0. The first kappa shape index (κ1) is 11.7. The molecule has 3 heteroatoms. The summed E-state index contributed by atoms with van der Waals surface area (Å²) in [5.74, 6) is 0.554. The van der Waals surface area contributed by atoms with Gasteiger partial charge in [0.2, 0.25) is 0 Å². The maximum atomic E-state index is 12.3. The zero-order chi connectivity index (χ0) is 12.4. The molecule has 0 saturated carbocycles. The number of carbonyl (C=O) groups is 1. The second-order valence-electron chi connectivity index (χ2n) is 4.83. The number of hydrogen-bond donors (Lipinski definition) is 1. The van der Waals surface area contributed by atoms with Gasteiger partial charge in [-0.1, -0.05) is 26.0 Å². The molecule has 2 rings (SSSR count). The first-order chi connectivity index (χ1) is 8.09. The lowest BCUT2D eigenvalue weighted by Crippen LogP contribution is -2.30. The van der Waals surface area contributed by atoms with Gasteiger partial charge in [0.1, 0.15) is 0 Å². The van der Waals surface area contributed by atoms with Crippen LogP contribution in [-0.2, 0) is 0 Å². The van der Waals surface area contributed by atoms with E-state index in [-0.39, 0.29) is 5.91 Å². The van der Waals surface area contributed by atoms with Crippen LogP contribution in [0.4, 0.5) is 0 Å². The van der Waals surface area contributed by atoms with E-state index < -0.39 is 0 Å². The minimum Gasteiger partial charge on any atom is -0.361 e. The number of aromatic nitrogens is 1. The first-order valence-corrected chi connectivity index (χ1v) is 5.91. The first-order valence-electron chi connectivity index (χ1n) is 5.91. The minimum absolute atomic E-state index is 0.0757. The molecule has 90 valence electrons. The number of fused-ring (bicyclic) bond motifs is 1. The molecule has 3 nitrogen and oxygen atoms in total. The lowest BCUT2D eigenvalue weighted by molar-refractivity contribution is 0.0781. The summed E-state index contributed by atoms with van der Waals surface area (Å²) in [6, 6.07) is 7.78. The molecular weight excluding hydrogens is 212 g/mol. The Balaban J connectivity index is 2.33. The van der Waals surface area contributed by atoms with E-state index in [2.05, 4.69) is 18.8 Å². The Kier molecular flexibility index (Phi) is 3.18. The maximum Gasteiger partial charge on any atom is 0.255 e. The number of benzene rings is 1. The van der Waals surface area contributed by atoms with E-state index in [0.717, 1.165) is 23.0 Å². The molecule has 0 aliphatic rings. The molecule has 0 aliphatic carbocycles. The smallest absolute Gasteiger partial charge is 0.255 e. The normalized spacial score (nSPS) is 11.1. The number of nitrogens with zero attached hydrogens (tertiary/aromatic N) is 1. The Morgan fingerprint density at radius 3 is 2.82 bits per heavy atom. The fraction of sp³-hybridized carbons (Fsp3) is 0.357. The molecular formula is C14H18N2O. The molecule has 0 saturated heterocycles. The van der Waals surface area contributed by atoms with Gasteiger partial charge in [-0.2, -0.15) is 0 Å². The van der Waals surface area contributed by atoms with Crippen LogP contribution in [0.5, 0.6) is 0 Å². The number of amides is 1. The number of hydrogen-bond acceptors (Lipinski definition) is 1. The molecule has 0 unspecified atom stereocenters. The molecule has 17 heavy (non-hydrogen) atoms. The number of nitrogens with one attached hydrogen (secondary N) is 1. The van der Waals surface area contributed by atoms with Crippen LogP contribution < -0.4 is 0 Å². The second kappa shape index (κ2) is 4.62. The van der Waals surface area contributed by atoms with Gasteiger partial charge >= 0.3 is 0 Å². The van der Waals surface area contributed by atoms with Crippen LogP contribution in [0.3, 0.4) is 0 Å². The van der Waals surface area contributed by atoms with Crippen molar-refractivity contribution in [2.45, 2.75) is 13.8 Å². The van der Waals surface area contributed by atoms with Crippen molar-refractivity contribution < 1.29 is 4.79 Å². The maximum absolute atomic E-state index is 12.3. The molecule has 1 aromatic carbocycles. The van der Waals surface area contributed by atoms with Crippen molar-refractivity contribution >= 4 is 16.8 Å². The van der Waals surface area contributed by atoms with Gasteiger partial charge in [0.05, 0.1) is 11.1 Å². The van der Waals surface area contributed by atoms with E-state index in [1.165, 1.54) is 0 Å². The number of rotatable bonds is 3. The molecule has 1 N–H and O–H groups in total. The van der Waals surface area contributed by atoms with E-state index in [1.54, 1.807) is 4.90 Å². The van der Waals surface area contributed by atoms with Gasteiger partial charge in [-0.3, -0.25) is 4.79 Å². The van der Waals surface area contributed by atoms with Crippen molar-refractivity contribution in [3.8, 4) is 0 Å². The molecule has 0 aliphatic heterocycles. The summed E-state index contributed by atoms with van der Waals surface area (Å²) in [5, 5.41) is 1.08. The van der Waals surface area contributed by atoms with Crippen LogP contribution in [0.1, 0.15) is 24.2 Å². The molecule has 0 fully saturated rings. The Morgan fingerprint density at radius 1 is 1.35 bits per heavy atom. The number of aromatic amines is 1. The zero-order valence-corrected chi connectivity index (χ0v) is 10.5. The van der Waals surface area contributed by atoms with Crippen molar-refractivity contribution in [3.63, 3.8) is 0 Å². The van der Waals surface area contributed by atoms with Gasteiger partial charge in [0, 0.05) is 25.2 Å². The topological polar surface area (TPSA) is 36.1 Å². The van der Waals surface area contributed by atoms with Crippen LogP contribution in [0.2, 0.25) is 0 Å². The van der Waals surface area contributed by atoms with E-state index in [0.29, 0.717) is 5.92 Å². The molecule has 1 heterocycles. The lowest BCUT2D eigenvalue weighted by atomic mass is 10.1. The summed E-state index contributed by atoms with van der Waals surface area (Å²) in [7, 11) is 1.85. The Morgan fingerprint density at radius 2 is 2.12 bits per heavy atom. The van der Waals surface area contributed by atoms with Crippen molar-refractivity contribution in [3.05, 3.63) is 36.0 Å². The number of para-hydroxylation sites is 1. The van der Waals surface area contributed by atoms with Gasteiger partial charge < -0.3 is 9.88 Å². The highest BCUT2D eigenvalue weighted by Gasteiger charge is 2.15. The van der Waals surface area contributed by atoms with Gasteiger partial charge in [0.15, 0.2) is 0 Å². The second-order valence-corrected chi connectivity index (χ2v) is 4.83. The van der Waals surface area contributed by atoms with Crippen molar-refractivity contribution in [2.24, 2.45) is 5.92 Å². The third kappa shape index (κ3) is 2.33. The Hall–Kier alpha value is -1.77.